The van der Waals surface area contributed by atoms with Gasteiger partial charge in [-0.1, -0.05) is 78.7 Å². The molecule has 0 amide bonds. The molecule has 92 valence electrons. The third-order valence-electron chi connectivity index (χ3n) is 3.15. The van der Waals surface area contributed by atoms with Gasteiger partial charge in [0.1, 0.15) is 0 Å². The molecule has 0 aromatic heterocycles. The number of hydrogen-bond acceptors (Lipinski definition) is 0. The summed E-state index contributed by atoms with van der Waals surface area (Å²) in [5, 5.41) is 0. The Balaban J connectivity index is 2.17. The van der Waals surface area contributed by atoms with Crippen molar-refractivity contribution in [2.24, 2.45) is 0 Å². The van der Waals surface area contributed by atoms with Gasteiger partial charge in [0.05, 0.1) is 0 Å². The SMILES string of the molecule is Cc1cc(C)cc(C(C)/C=C/c2ccccc2)c1. The van der Waals surface area contributed by atoms with Crippen molar-refractivity contribution in [1.29, 1.82) is 0 Å². The molecule has 2 aromatic carbocycles. The largest absolute Gasteiger partial charge is 0.0767 e. The predicted molar refractivity (Wildman–Crippen MR) is 79.8 cm³/mol. The maximum Gasteiger partial charge on any atom is -0.000691 e. The van der Waals surface area contributed by atoms with Gasteiger partial charge in [-0.3, -0.25) is 0 Å². The molecule has 0 N–H and O–H groups in total. The van der Waals surface area contributed by atoms with Gasteiger partial charge in [-0.15, -0.1) is 0 Å². The standard InChI is InChI=1S/C18H20/c1-14-11-15(2)13-18(12-14)16(3)9-10-17-7-5-4-6-8-17/h4-13,16H,1-3H3/b10-9+. The molecule has 0 aliphatic rings. The van der Waals surface area contributed by atoms with Gasteiger partial charge < -0.3 is 0 Å². The highest BCUT2D eigenvalue weighted by molar-refractivity contribution is 5.50. The minimum absolute atomic E-state index is 0.448. The Morgan fingerprint density at radius 1 is 0.889 bits per heavy atom. The van der Waals surface area contributed by atoms with Gasteiger partial charge in [0, 0.05) is 0 Å². The number of benzene rings is 2. The molecule has 0 nitrogen and oxygen atoms in total. The van der Waals surface area contributed by atoms with E-state index < -0.39 is 0 Å². The van der Waals surface area contributed by atoms with Gasteiger partial charge in [-0.25, -0.2) is 0 Å². The van der Waals surface area contributed by atoms with Crippen molar-refractivity contribution in [2.75, 3.05) is 0 Å². The zero-order valence-electron chi connectivity index (χ0n) is 11.4. The lowest BCUT2D eigenvalue weighted by molar-refractivity contribution is 0.966. The van der Waals surface area contributed by atoms with Crippen LogP contribution in [0.5, 0.6) is 0 Å². The lowest BCUT2D eigenvalue weighted by Gasteiger charge is -2.09. The maximum atomic E-state index is 2.27. The quantitative estimate of drug-likeness (QED) is 0.693. The smallest absolute Gasteiger partial charge is 0.000691 e. The molecule has 0 aliphatic heterocycles. The zero-order valence-corrected chi connectivity index (χ0v) is 11.4. The molecular weight excluding hydrogens is 216 g/mol. The fourth-order valence-electron chi connectivity index (χ4n) is 2.20. The van der Waals surface area contributed by atoms with Crippen LogP contribution in [-0.2, 0) is 0 Å². The molecule has 0 heteroatoms. The molecule has 18 heavy (non-hydrogen) atoms. The van der Waals surface area contributed by atoms with Crippen molar-refractivity contribution in [2.45, 2.75) is 26.7 Å². The predicted octanol–water partition coefficient (Wildman–Crippen LogP) is 5.12. The second kappa shape index (κ2) is 5.68. The van der Waals surface area contributed by atoms with Crippen LogP contribution in [0.4, 0.5) is 0 Å². The van der Waals surface area contributed by atoms with Crippen LogP contribution in [0.1, 0.15) is 35.1 Å². The minimum atomic E-state index is 0.448. The molecule has 0 aliphatic carbocycles. The first-order valence-electron chi connectivity index (χ1n) is 6.46. The summed E-state index contributed by atoms with van der Waals surface area (Å²) in [6.45, 7) is 6.56. The monoisotopic (exact) mass is 236 g/mol. The van der Waals surface area contributed by atoms with E-state index in [1.54, 1.807) is 0 Å². The van der Waals surface area contributed by atoms with Gasteiger partial charge in [0.25, 0.3) is 0 Å². The Kier molecular flexibility index (Phi) is 3.99. The van der Waals surface area contributed by atoms with Crippen molar-refractivity contribution >= 4 is 6.08 Å². The summed E-state index contributed by atoms with van der Waals surface area (Å²) in [4.78, 5) is 0. The second-order valence-electron chi connectivity index (χ2n) is 4.98. The van der Waals surface area contributed by atoms with E-state index >= 15 is 0 Å². The summed E-state index contributed by atoms with van der Waals surface area (Å²) < 4.78 is 0. The van der Waals surface area contributed by atoms with Gasteiger partial charge in [-0.2, -0.15) is 0 Å². The molecule has 0 radical (unpaired) electrons. The normalized spacial score (nSPS) is 12.8. The molecule has 2 rings (SSSR count). The Morgan fingerprint density at radius 3 is 2.11 bits per heavy atom. The van der Waals surface area contributed by atoms with Crippen molar-refractivity contribution in [3.63, 3.8) is 0 Å². The van der Waals surface area contributed by atoms with Gasteiger partial charge in [-0.05, 0) is 30.9 Å². The first-order valence-corrected chi connectivity index (χ1v) is 6.46. The molecule has 0 saturated carbocycles. The lowest BCUT2D eigenvalue weighted by atomic mass is 9.96. The highest BCUT2D eigenvalue weighted by Gasteiger charge is 2.02. The van der Waals surface area contributed by atoms with Crippen molar-refractivity contribution in [3.8, 4) is 0 Å². The molecule has 0 bridgehead atoms. The highest BCUT2D eigenvalue weighted by Crippen LogP contribution is 2.20. The van der Waals surface area contributed by atoms with Gasteiger partial charge in [0.2, 0.25) is 0 Å². The van der Waals surface area contributed by atoms with E-state index in [-0.39, 0.29) is 0 Å². The summed E-state index contributed by atoms with van der Waals surface area (Å²) in [5.41, 5.74) is 5.32. The minimum Gasteiger partial charge on any atom is -0.0767 e. The fourth-order valence-corrected chi connectivity index (χ4v) is 2.20. The highest BCUT2D eigenvalue weighted by atomic mass is 14.1. The zero-order chi connectivity index (χ0) is 13.0. The number of rotatable bonds is 3. The summed E-state index contributed by atoms with van der Waals surface area (Å²) in [5.74, 6) is 0.448. The van der Waals surface area contributed by atoms with Crippen molar-refractivity contribution in [3.05, 3.63) is 76.9 Å². The fraction of sp³-hybridized carbons (Fsp3) is 0.222. The average Bonchev–Trinajstić information content (AvgIpc) is 2.36. The number of hydrogen-bond donors (Lipinski definition) is 0. The van der Waals surface area contributed by atoms with Crippen LogP contribution in [0.2, 0.25) is 0 Å². The molecular formula is C18H20. The van der Waals surface area contributed by atoms with Crippen molar-refractivity contribution < 1.29 is 0 Å². The number of aryl methyl sites for hydroxylation is 2. The van der Waals surface area contributed by atoms with Crippen LogP contribution in [0.25, 0.3) is 6.08 Å². The molecule has 0 fully saturated rings. The van der Waals surface area contributed by atoms with Crippen LogP contribution in [0.15, 0.2) is 54.6 Å². The summed E-state index contributed by atoms with van der Waals surface area (Å²) >= 11 is 0. The lowest BCUT2D eigenvalue weighted by Crippen LogP contribution is -1.91. The third kappa shape index (κ3) is 3.33. The Bertz CT molecular complexity index is 515. The summed E-state index contributed by atoms with van der Waals surface area (Å²) in [6.07, 6.45) is 4.46. The van der Waals surface area contributed by atoms with E-state index in [4.69, 9.17) is 0 Å². The molecule has 0 spiro atoms. The number of allylic oxidation sites excluding steroid dienone is 1. The first kappa shape index (κ1) is 12.6. The molecule has 1 atom stereocenters. The van der Waals surface area contributed by atoms with Crippen LogP contribution < -0.4 is 0 Å². The van der Waals surface area contributed by atoms with E-state index in [1.165, 1.54) is 22.3 Å². The Labute approximate surface area is 110 Å². The molecule has 0 saturated heterocycles. The van der Waals surface area contributed by atoms with Crippen LogP contribution >= 0.6 is 0 Å². The van der Waals surface area contributed by atoms with E-state index in [2.05, 4.69) is 75.4 Å². The Morgan fingerprint density at radius 2 is 1.50 bits per heavy atom. The molecule has 2 aromatic rings. The molecule has 0 heterocycles. The van der Waals surface area contributed by atoms with E-state index in [9.17, 15) is 0 Å². The molecule has 1 unspecified atom stereocenters. The Hall–Kier alpha value is -1.82. The van der Waals surface area contributed by atoms with Crippen LogP contribution in [0.3, 0.4) is 0 Å². The second-order valence-corrected chi connectivity index (χ2v) is 4.98. The van der Waals surface area contributed by atoms with Crippen LogP contribution in [0, 0.1) is 13.8 Å². The topological polar surface area (TPSA) is 0 Å². The van der Waals surface area contributed by atoms with Crippen LogP contribution in [-0.4, -0.2) is 0 Å². The maximum absolute atomic E-state index is 2.27. The summed E-state index contributed by atoms with van der Waals surface area (Å²) in [6, 6.07) is 17.2. The van der Waals surface area contributed by atoms with E-state index in [0.29, 0.717) is 5.92 Å². The van der Waals surface area contributed by atoms with E-state index in [0.717, 1.165) is 0 Å². The van der Waals surface area contributed by atoms with Crippen molar-refractivity contribution in [1.82, 2.24) is 0 Å². The average molecular weight is 236 g/mol. The van der Waals surface area contributed by atoms with E-state index in [1.807, 2.05) is 6.07 Å². The summed E-state index contributed by atoms with van der Waals surface area (Å²) in [7, 11) is 0. The van der Waals surface area contributed by atoms with Gasteiger partial charge in [0.15, 0.2) is 0 Å². The van der Waals surface area contributed by atoms with Gasteiger partial charge >= 0.3 is 0 Å². The third-order valence-corrected chi connectivity index (χ3v) is 3.15. The first-order chi connectivity index (χ1) is 8.65.